The van der Waals surface area contributed by atoms with Crippen molar-refractivity contribution in [1.29, 1.82) is 0 Å². The van der Waals surface area contributed by atoms with Crippen LogP contribution in [0.25, 0.3) is 0 Å². The number of hydrogen-bond acceptors (Lipinski definition) is 2. The van der Waals surface area contributed by atoms with Gasteiger partial charge in [0, 0.05) is 6.04 Å². The van der Waals surface area contributed by atoms with Crippen molar-refractivity contribution < 1.29 is 4.74 Å². The Balaban J connectivity index is 1.78. The predicted octanol–water partition coefficient (Wildman–Crippen LogP) is 4.02. The van der Waals surface area contributed by atoms with Gasteiger partial charge in [-0.15, -0.1) is 6.58 Å². The zero-order chi connectivity index (χ0) is 13.5. The zero-order valence-corrected chi connectivity index (χ0v) is 12.0. The van der Waals surface area contributed by atoms with Crippen molar-refractivity contribution in [3.8, 4) is 5.75 Å². The van der Waals surface area contributed by atoms with Crippen molar-refractivity contribution in [2.24, 2.45) is 0 Å². The van der Waals surface area contributed by atoms with E-state index in [9.17, 15) is 0 Å². The molecule has 2 heteroatoms. The Morgan fingerprint density at radius 3 is 3.05 bits per heavy atom. The van der Waals surface area contributed by atoms with Crippen LogP contribution in [0, 0.1) is 0 Å². The second kappa shape index (κ2) is 7.34. The minimum absolute atomic E-state index is 0.531. The summed E-state index contributed by atoms with van der Waals surface area (Å²) in [5, 5.41) is 3.36. The zero-order valence-electron chi connectivity index (χ0n) is 12.0. The summed E-state index contributed by atoms with van der Waals surface area (Å²) in [5.74, 6) is 1.03. The number of unbranched alkanes of at least 4 members (excludes halogenated alkanes) is 3. The fraction of sp³-hybridized carbons (Fsp3) is 0.529. The van der Waals surface area contributed by atoms with E-state index >= 15 is 0 Å². The maximum atomic E-state index is 5.83. The maximum absolute atomic E-state index is 5.83. The molecule has 1 atom stereocenters. The molecule has 0 amide bonds. The first-order valence-corrected chi connectivity index (χ1v) is 7.39. The van der Waals surface area contributed by atoms with E-state index in [1.165, 1.54) is 30.4 Å². The van der Waals surface area contributed by atoms with E-state index in [4.69, 9.17) is 4.74 Å². The van der Waals surface area contributed by atoms with Gasteiger partial charge in [0.25, 0.3) is 0 Å². The normalized spacial score (nSPS) is 17.2. The highest BCUT2D eigenvalue weighted by Crippen LogP contribution is 2.33. The molecule has 104 valence electrons. The van der Waals surface area contributed by atoms with Crippen LogP contribution in [0.15, 0.2) is 30.9 Å². The molecular formula is C17H25NO. The molecule has 2 rings (SSSR count). The fourth-order valence-corrected chi connectivity index (χ4v) is 2.74. The molecule has 0 saturated carbocycles. The molecule has 1 aliphatic rings. The van der Waals surface area contributed by atoms with Crippen molar-refractivity contribution in [3.63, 3.8) is 0 Å². The van der Waals surface area contributed by atoms with Crippen molar-refractivity contribution in [2.45, 2.75) is 44.6 Å². The summed E-state index contributed by atoms with van der Waals surface area (Å²) in [6, 6.07) is 7.08. The Bertz CT molecular complexity index is 414. The van der Waals surface area contributed by atoms with Gasteiger partial charge in [-0.05, 0) is 68.8 Å². The molecular weight excluding hydrogens is 234 g/mol. The molecule has 1 aromatic carbocycles. The van der Waals surface area contributed by atoms with Gasteiger partial charge in [-0.1, -0.05) is 12.1 Å². The van der Waals surface area contributed by atoms with Gasteiger partial charge in [-0.2, -0.15) is 0 Å². The molecule has 1 N–H and O–H groups in total. The summed E-state index contributed by atoms with van der Waals surface area (Å²) in [7, 11) is 2.04. The monoisotopic (exact) mass is 259 g/mol. The van der Waals surface area contributed by atoms with Gasteiger partial charge < -0.3 is 10.1 Å². The molecule has 1 aromatic rings. The Hall–Kier alpha value is -1.28. The smallest absolute Gasteiger partial charge is 0.119 e. The first-order valence-electron chi connectivity index (χ1n) is 7.39. The minimum Gasteiger partial charge on any atom is -0.494 e. The molecule has 0 heterocycles. The first-order chi connectivity index (χ1) is 9.35. The average molecular weight is 259 g/mol. The van der Waals surface area contributed by atoms with Gasteiger partial charge in [0.2, 0.25) is 0 Å². The number of allylic oxidation sites excluding steroid dienone is 1. The van der Waals surface area contributed by atoms with Crippen molar-refractivity contribution >= 4 is 0 Å². The van der Waals surface area contributed by atoms with E-state index in [2.05, 4.69) is 30.1 Å². The molecule has 0 aromatic heterocycles. The predicted molar refractivity (Wildman–Crippen MR) is 80.7 cm³/mol. The summed E-state index contributed by atoms with van der Waals surface area (Å²) >= 11 is 0. The van der Waals surface area contributed by atoms with Gasteiger partial charge in [0.05, 0.1) is 6.61 Å². The largest absolute Gasteiger partial charge is 0.494 e. The van der Waals surface area contributed by atoms with Crippen molar-refractivity contribution in [3.05, 3.63) is 42.0 Å². The number of rotatable bonds is 8. The summed E-state index contributed by atoms with van der Waals surface area (Å²) in [5.41, 5.74) is 2.89. The lowest BCUT2D eigenvalue weighted by molar-refractivity contribution is 0.305. The number of nitrogens with one attached hydrogen (secondary N) is 1. The van der Waals surface area contributed by atoms with E-state index in [1.807, 2.05) is 13.1 Å². The van der Waals surface area contributed by atoms with Gasteiger partial charge in [-0.25, -0.2) is 0 Å². The molecule has 1 unspecified atom stereocenters. The molecule has 2 nitrogen and oxygen atoms in total. The highest BCUT2D eigenvalue weighted by Gasteiger charge is 2.20. The summed E-state index contributed by atoms with van der Waals surface area (Å²) in [4.78, 5) is 0. The molecule has 19 heavy (non-hydrogen) atoms. The topological polar surface area (TPSA) is 21.3 Å². The highest BCUT2D eigenvalue weighted by molar-refractivity contribution is 5.40. The molecule has 0 fully saturated rings. The Labute approximate surface area is 116 Å². The number of fused-ring (bicyclic) bond motifs is 1. The standard InChI is InChI=1S/C17H25NO/c1-3-4-5-6-7-12-19-15-9-10-16-14(13-15)8-11-17(16)18-2/h3,9-10,13,17-18H,1,4-8,11-12H2,2H3. The number of aryl methyl sites for hydroxylation is 1. The molecule has 0 radical (unpaired) electrons. The lowest BCUT2D eigenvalue weighted by Gasteiger charge is -2.11. The number of hydrogen-bond donors (Lipinski definition) is 1. The summed E-state index contributed by atoms with van der Waals surface area (Å²) in [6.07, 6.45) is 9.04. The first kappa shape index (κ1) is 14.1. The quantitative estimate of drug-likeness (QED) is 0.562. The van der Waals surface area contributed by atoms with Crippen molar-refractivity contribution in [1.82, 2.24) is 5.32 Å². The van der Waals surface area contributed by atoms with E-state index in [0.29, 0.717) is 6.04 Å². The van der Waals surface area contributed by atoms with Crippen LogP contribution in [0.4, 0.5) is 0 Å². The molecule has 0 saturated heterocycles. The molecule has 1 aliphatic carbocycles. The van der Waals surface area contributed by atoms with Gasteiger partial charge in [-0.3, -0.25) is 0 Å². The Morgan fingerprint density at radius 2 is 2.26 bits per heavy atom. The second-order valence-electron chi connectivity index (χ2n) is 5.23. The van der Waals surface area contributed by atoms with E-state index < -0.39 is 0 Å². The molecule has 0 spiro atoms. The third kappa shape index (κ3) is 3.84. The van der Waals surface area contributed by atoms with E-state index in [-0.39, 0.29) is 0 Å². The van der Waals surface area contributed by atoms with E-state index in [1.54, 1.807) is 0 Å². The minimum atomic E-state index is 0.531. The summed E-state index contributed by atoms with van der Waals surface area (Å²) < 4.78 is 5.83. The third-order valence-electron chi connectivity index (χ3n) is 3.86. The lowest BCUT2D eigenvalue weighted by atomic mass is 10.1. The highest BCUT2D eigenvalue weighted by atomic mass is 16.5. The number of benzene rings is 1. The van der Waals surface area contributed by atoms with Crippen LogP contribution in [-0.2, 0) is 6.42 Å². The third-order valence-corrected chi connectivity index (χ3v) is 3.86. The van der Waals surface area contributed by atoms with Crippen LogP contribution in [-0.4, -0.2) is 13.7 Å². The second-order valence-corrected chi connectivity index (χ2v) is 5.23. The van der Waals surface area contributed by atoms with Crippen LogP contribution in [0.5, 0.6) is 5.75 Å². The SMILES string of the molecule is C=CCCCCCOc1ccc2c(c1)CCC2NC. The van der Waals surface area contributed by atoms with Crippen LogP contribution in [0.3, 0.4) is 0 Å². The average Bonchev–Trinajstić information content (AvgIpc) is 2.85. The van der Waals surface area contributed by atoms with Crippen LogP contribution in [0.2, 0.25) is 0 Å². The van der Waals surface area contributed by atoms with Crippen LogP contribution >= 0.6 is 0 Å². The molecule has 0 aliphatic heterocycles. The van der Waals surface area contributed by atoms with Gasteiger partial charge in [0.15, 0.2) is 0 Å². The Kier molecular flexibility index (Phi) is 5.46. The summed E-state index contributed by atoms with van der Waals surface area (Å²) in [6.45, 7) is 4.56. The maximum Gasteiger partial charge on any atom is 0.119 e. The molecule has 0 bridgehead atoms. The number of ether oxygens (including phenoxy) is 1. The van der Waals surface area contributed by atoms with Crippen LogP contribution < -0.4 is 10.1 Å². The van der Waals surface area contributed by atoms with Gasteiger partial charge in [0.1, 0.15) is 5.75 Å². The van der Waals surface area contributed by atoms with Crippen molar-refractivity contribution in [2.75, 3.05) is 13.7 Å². The lowest BCUT2D eigenvalue weighted by Crippen LogP contribution is -2.12. The Morgan fingerprint density at radius 1 is 1.37 bits per heavy atom. The fourth-order valence-electron chi connectivity index (χ4n) is 2.74. The van der Waals surface area contributed by atoms with Gasteiger partial charge >= 0.3 is 0 Å². The van der Waals surface area contributed by atoms with E-state index in [0.717, 1.165) is 31.6 Å². The van der Waals surface area contributed by atoms with Crippen LogP contribution in [0.1, 0.15) is 49.3 Å².